The molecule has 0 aliphatic rings. The monoisotopic (exact) mass is 252 g/mol. The molecule has 0 fully saturated rings. The van der Waals surface area contributed by atoms with Gasteiger partial charge in [0.2, 0.25) is 0 Å². The zero-order valence-electron chi connectivity index (χ0n) is 11.2. The number of aliphatic hydroxyl groups excluding tert-OH is 1. The average molecular weight is 252 g/mol. The van der Waals surface area contributed by atoms with Crippen LogP contribution in [0.15, 0.2) is 16.9 Å². The smallest absolute Gasteiger partial charge is 0.260 e. The van der Waals surface area contributed by atoms with Crippen LogP contribution >= 0.6 is 0 Å². The molecule has 1 aromatic rings. The Morgan fingerprint density at radius 1 is 1.39 bits per heavy atom. The number of H-pyrrole nitrogens is 1. The number of nitrogens with one attached hydrogen (secondary N) is 1. The maximum Gasteiger partial charge on any atom is 0.260 e. The van der Waals surface area contributed by atoms with E-state index in [4.69, 9.17) is 0 Å². The molecule has 0 saturated carbocycles. The van der Waals surface area contributed by atoms with Gasteiger partial charge in [-0.05, 0) is 39.8 Å². The van der Waals surface area contributed by atoms with Gasteiger partial charge in [-0.25, -0.2) is 0 Å². The summed E-state index contributed by atoms with van der Waals surface area (Å²) >= 11 is 0. The number of hydrogen-bond donors (Lipinski definition) is 2. The second kappa shape index (κ2) is 5.82. The zero-order valence-corrected chi connectivity index (χ0v) is 11.2. The van der Waals surface area contributed by atoms with E-state index in [0.717, 1.165) is 0 Å². The maximum atomic E-state index is 12.2. The molecule has 1 amide bonds. The fourth-order valence-corrected chi connectivity index (χ4v) is 1.71. The van der Waals surface area contributed by atoms with Gasteiger partial charge >= 0.3 is 0 Å². The van der Waals surface area contributed by atoms with Gasteiger partial charge in [0.1, 0.15) is 5.56 Å². The Morgan fingerprint density at radius 3 is 2.44 bits per heavy atom. The minimum Gasteiger partial charge on any atom is -0.392 e. The maximum absolute atomic E-state index is 12.2. The van der Waals surface area contributed by atoms with Crippen molar-refractivity contribution in [2.24, 2.45) is 0 Å². The average Bonchev–Trinajstić information content (AvgIpc) is 2.24. The van der Waals surface area contributed by atoms with Gasteiger partial charge in [-0.15, -0.1) is 0 Å². The molecule has 2 N–H and O–H groups in total. The molecule has 0 aromatic carbocycles. The van der Waals surface area contributed by atoms with Crippen molar-refractivity contribution in [2.75, 3.05) is 6.54 Å². The number of carbonyl (C=O) groups excluding carboxylic acids is 1. The van der Waals surface area contributed by atoms with Crippen LogP contribution in [0.3, 0.4) is 0 Å². The van der Waals surface area contributed by atoms with Gasteiger partial charge in [0.15, 0.2) is 0 Å². The lowest BCUT2D eigenvalue weighted by atomic mass is 10.2. The Kier molecular flexibility index (Phi) is 4.67. The first kappa shape index (κ1) is 14.4. The molecule has 0 spiro atoms. The lowest BCUT2D eigenvalue weighted by molar-refractivity contribution is 0.0577. The normalized spacial score (nSPS) is 12.6. The highest BCUT2D eigenvalue weighted by molar-refractivity contribution is 5.94. The molecule has 1 atom stereocenters. The molecule has 18 heavy (non-hydrogen) atoms. The summed E-state index contributed by atoms with van der Waals surface area (Å²) in [6.45, 7) is 7.28. The topological polar surface area (TPSA) is 73.4 Å². The highest BCUT2D eigenvalue weighted by Gasteiger charge is 2.22. The number of rotatable bonds is 4. The van der Waals surface area contributed by atoms with Crippen LogP contribution in [-0.2, 0) is 0 Å². The second-order valence-electron chi connectivity index (χ2n) is 4.78. The number of aromatic amines is 1. The fraction of sp³-hybridized carbons (Fsp3) is 0.538. The molecular formula is C13H20N2O3. The molecule has 1 aromatic heterocycles. The number of aromatic nitrogens is 1. The molecule has 0 bridgehead atoms. The molecule has 1 unspecified atom stereocenters. The van der Waals surface area contributed by atoms with Crippen LogP contribution in [-0.4, -0.2) is 39.6 Å². The van der Waals surface area contributed by atoms with Crippen molar-refractivity contribution in [3.63, 3.8) is 0 Å². The van der Waals surface area contributed by atoms with E-state index in [1.54, 1.807) is 19.9 Å². The summed E-state index contributed by atoms with van der Waals surface area (Å²) in [7, 11) is 0. The number of hydrogen-bond acceptors (Lipinski definition) is 3. The van der Waals surface area contributed by atoms with Crippen LogP contribution in [0, 0.1) is 6.92 Å². The molecule has 1 heterocycles. The number of pyridine rings is 1. The van der Waals surface area contributed by atoms with Crippen molar-refractivity contribution in [2.45, 2.75) is 39.8 Å². The Labute approximate surface area is 106 Å². The largest absolute Gasteiger partial charge is 0.392 e. The number of aryl methyl sites for hydroxylation is 1. The summed E-state index contributed by atoms with van der Waals surface area (Å²) < 4.78 is 0. The predicted molar refractivity (Wildman–Crippen MR) is 69.7 cm³/mol. The summed E-state index contributed by atoms with van der Waals surface area (Å²) in [5, 5.41) is 9.40. The zero-order chi connectivity index (χ0) is 13.9. The number of nitrogens with zero attached hydrogens (tertiary/aromatic N) is 1. The SMILES string of the molecule is Cc1ccc(C(=O)N(CC(C)O)C(C)C)c(=O)[nH]1. The van der Waals surface area contributed by atoms with Gasteiger partial charge in [0, 0.05) is 18.3 Å². The van der Waals surface area contributed by atoms with E-state index < -0.39 is 11.7 Å². The number of aliphatic hydroxyl groups is 1. The van der Waals surface area contributed by atoms with Crippen LogP contribution in [0.1, 0.15) is 36.8 Å². The van der Waals surface area contributed by atoms with Crippen molar-refractivity contribution in [3.8, 4) is 0 Å². The molecule has 0 aliphatic carbocycles. The summed E-state index contributed by atoms with van der Waals surface area (Å²) in [6, 6.07) is 3.14. The molecule has 0 saturated heterocycles. The minimum atomic E-state index is -0.624. The van der Waals surface area contributed by atoms with Crippen LogP contribution in [0.4, 0.5) is 0 Å². The highest BCUT2D eigenvalue weighted by atomic mass is 16.3. The van der Waals surface area contributed by atoms with Gasteiger partial charge < -0.3 is 15.0 Å². The molecule has 5 nitrogen and oxygen atoms in total. The molecule has 0 radical (unpaired) electrons. The highest BCUT2D eigenvalue weighted by Crippen LogP contribution is 2.06. The van der Waals surface area contributed by atoms with E-state index in [0.29, 0.717) is 5.69 Å². The van der Waals surface area contributed by atoms with E-state index in [-0.39, 0.29) is 24.1 Å². The van der Waals surface area contributed by atoms with Gasteiger partial charge in [-0.2, -0.15) is 0 Å². The van der Waals surface area contributed by atoms with Gasteiger partial charge in [0.05, 0.1) is 6.10 Å². The van der Waals surface area contributed by atoms with E-state index in [1.165, 1.54) is 11.0 Å². The van der Waals surface area contributed by atoms with E-state index >= 15 is 0 Å². The van der Waals surface area contributed by atoms with Crippen LogP contribution < -0.4 is 5.56 Å². The van der Waals surface area contributed by atoms with Crippen LogP contribution in [0.25, 0.3) is 0 Å². The Balaban J connectivity index is 3.06. The third-order valence-electron chi connectivity index (χ3n) is 2.63. The summed E-state index contributed by atoms with van der Waals surface area (Å²) in [5.74, 6) is -0.354. The molecule has 5 heteroatoms. The van der Waals surface area contributed by atoms with Gasteiger partial charge in [-0.3, -0.25) is 9.59 Å². The Hall–Kier alpha value is -1.62. The van der Waals surface area contributed by atoms with E-state index in [9.17, 15) is 14.7 Å². The first-order valence-electron chi connectivity index (χ1n) is 6.02. The Morgan fingerprint density at radius 2 is 2.00 bits per heavy atom. The van der Waals surface area contributed by atoms with Crippen LogP contribution in [0.5, 0.6) is 0 Å². The van der Waals surface area contributed by atoms with E-state index in [1.807, 2.05) is 13.8 Å². The summed E-state index contributed by atoms with van der Waals surface area (Å²) in [6.07, 6.45) is -0.624. The quantitative estimate of drug-likeness (QED) is 0.836. The predicted octanol–water partition coefficient (Wildman–Crippen LogP) is 0.915. The Bertz CT molecular complexity index is 477. The molecule has 0 aliphatic heterocycles. The fourth-order valence-electron chi connectivity index (χ4n) is 1.71. The standard InChI is InChI=1S/C13H20N2O3/c1-8(2)15(7-10(4)16)13(18)11-6-5-9(3)14-12(11)17/h5-6,8,10,16H,7H2,1-4H3,(H,14,17). The molecular weight excluding hydrogens is 232 g/mol. The first-order valence-corrected chi connectivity index (χ1v) is 6.02. The molecule has 100 valence electrons. The van der Waals surface area contributed by atoms with E-state index in [2.05, 4.69) is 4.98 Å². The third-order valence-corrected chi connectivity index (χ3v) is 2.63. The molecule has 1 rings (SSSR count). The minimum absolute atomic E-state index is 0.0761. The third kappa shape index (κ3) is 3.43. The van der Waals surface area contributed by atoms with Crippen molar-refractivity contribution >= 4 is 5.91 Å². The van der Waals surface area contributed by atoms with Gasteiger partial charge in [-0.1, -0.05) is 0 Å². The van der Waals surface area contributed by atoms with Crippen LogP contribution in [0.2, 0.25) is 0 Å². The van der Waals surface area contributed by atoms with Gasteiger partial charge in [0.25, 0.3) is 11.5 Å². The van der Waals surface area contributed by atoms with Crippen molar-refractivity contribution in [3.05, 3.63) is 33.7 Å². The lowest BCUT2D eigenvalue weighted by Crippen LogP contribution is -2.43. The number of amides is 1. The lowest BCUT2D eigenvalue weighted by Gasteiger charge is -2.27. The number of carbonyl (C=O) groups is 1. The summed E-state index contributed by atoms with van der Waals surface area (Å²) in [4.78, 5) is 28.1. The summed E-state index contributed by atoms with van der Waals surface area (Å²) in [5.41, 5.74) is 0.425. The van der Waals surface area contributed by atoms with Crippen molar-refractivity contribution in [1.82, 2.24) is 9.88 Å². The van der Waals surface area contributed by atoms with Crippen molar-refractivity contribution < 1.29 is 9.90 Å². The van der Waals surface area contributed by atoms with Crippen molar-refractivity contribution in [1.29, 1.82) is 0 Å². The second-order valence-corrected chi connectivity index (χ2v) is 4.78. The first-order chi connectivity index (χ1) is 8.32.